The van der Waals surface area contributed by atoms with E-state index in [-0.39, 0.29) is 24.8 Å². The topological polar surface area (TPSA) is 58.6 Å². The molecule has 0 aromatic heterocycles. The van der Waals surface area contributed by atoms with Crippen molar-refractivity contribution in [2.45, 2.75) is 32.8 Å². The third-order valence-corrected chi connectivity index (χ3v) is 4.44. The molecule has 3 rings (SSSR count). The largest absolute Gasteiger partial charge is 0.476 e. The van der Waals surface area contributed by atoms with Gasteiger partial charge in [-0.2, -0.15) is 0 Å². The van der Waals surface area contributed by atoms with Gasteiger partial charge in [0.2, 0.25) is 5.91 Å². The third-order valence-electron chi connectivity index (χ3n) is 4.20. The Morgan fingerprint density at radius 1 is 1.23 bits per heavy atom. The van der Waals surface area contributed by atoms with E-state index in [0.717, 1.165) is 11.3 Å². The molecule has 1 aliphatic heterocycles. The van der Waals surface area contributed by atoms with Crippen LogP contribution in [0.5, 0.6) is 5.75 Å². The summed E-state index contributed by atoms with van der Waals surface area (Å²) in [6.45, 7) is 5.64. The van der Waals surface area contributed by atoms with Gasteiger partial charge in [0.05, 0.1) is 5.69 Å². The van der Waals surface area contributed by atoms with E-state index >= 15 is 0 Å². The van der Waals surface area contributed by atoms with Crippen LogP contribution < -0.4 is 15.0 Å². The number of carbonyl (C=O) groups excluding carboxylic acids is 2. The van der Waals surface area contributed by atoms with Gasteiger partial charge in [0.1, 0.15) is 5.75 Å². The van der Waals surface area contributed by atoms with Gasteiger partial charge in [-0.25, -0.2) is 0 Å². The second kappa shape index (κ2) is 7.00. The SMILES string of the molecule is Cc1cccc(NC(=O)CCN2C(=O)C(C)(C)Oc3ccc(Cl)cc32)c1. The first-order chi connectivity index (χ1) is 12.3. The van der Waals surface area contributed by atoms with E-state index in [1.807, 2.05) is 31.2 Å². The maximum Gasteiger partial charge on any atom is 0.270 e. The lowest BCUT2D eigenvalue weighted by atomic mass is 10.0. The van der Waals surface area contributed by atoms with Crippen LogP contribution in [0.4, 0.5) is 11.4 Å². The second-order valence-corrected chi connectivity index (χ2v) is 7.29. The molecular formula is C20H21ClN2O3. The number of ether oxygens (including phenoxy) is 1. The number of anilines is 2. The molecular weight excluding hydrogens is 352 g/mol. The van der Waals surface area contributed by atoms with Crippen molar-refractivity contribution in [3.8, 4) is 5.75 Å². The molecule has 2 amide bonds. The Kier molecular flexibility index (Phi) is 4.92. The summed E-state index contributed by atoms with van der Waals surface area (Å²) in [7, 11) is 0. The minimum Gasteiger partial charge on any atom is -0.476 e. The van der Waals surface area contributed by atoms with Gasteiger partial charge < -0.3 is 15.0 Å². The fourth-order valence-corrected chi connectivity index (χ4v) is 3.09. The highest BCUT2D eigenvalue weighted by atomic mass is 35.5. The van der Waals surface area contributed by atoms with E-state index < -0.39 is 5.60 Å². The minimum absolute atomic E-state index is 0.156. The third kappa shape index (κ3) is 3.83. The molecule has 0 atom stereocenters. The molecule has 1 N–H and O–H groups in total. The van der Waals surface area contributed by atoms with E-state index in [1.54, 1.807) is 36.9 Å². The van der Waals surface area contributed by atoms with Crippen LogP contribution in [0.2, 0.25) is 5.02 Å². The molecule has 0 aliphatic carbocycles. The number of benzene rings is 2. The molecule has 1 heterocycles. The van der Waals surface area contributed by atoms with Crippen molar-refractivity contribution in [2.24, 2.45) is 0 Å². The molecule has 1 aliphatic rings. The van der Waals surface area contributed by atoms with Gasteiger partial charge >= 0.3 is 0 Å². The van der Waals surface area contributed by atoms with Crippen LogP contribution in [0.3, 0.4) is 0 Å². The fourth-order valence-electron chi connectivity index (χ4n) is 2.92. The lowest BCUT2D eigenvalue weighted by Gasteiger charge is -2.38. The monoisotopic (exact) mass is 372 g/mol. The Morgan fingerprint density at radius 2 is 2.00 bits per heavy atom. The highest BCUT2D eigenvalue weighted by Crippen LogP contribution is 2.39. The number of aryl methyl sites for hydroxylation is 1. The number of fused-ring (bicyclic) bond motifs is 1. The average Bonchev–Trinajstić information content (AvgIpc) is 2.56. The van der Waals surface area contributed by atoms with Gasteiger partial charge in [-0.15, -0.1) is 0 Å². The average molecular weight is 373 g/mol. The zero-order chi connectivity index (χ0) is 18.9. The lowest BCUT2D eigenvalue weighted by Crippen LogP contribution is -2.53. The number of hydrogen-bond donors (Lipinski definition) is 1. The van der Waals surface area contributed by atoms with Crippen molar-refractivity contribution in [1.29, 1.82) is 0 Å². The molecule has 26 heavy (non-hydrogen) atoms. The van der Waals surface area contributed by atoms with Crippen molar-refractivity contribution in [3.05, 3.63) is 53.1 Å². The van der Waals surface area contributed by atoms with Crippen LogP contribution in [-0.2, 0) is 9.59 Å². The standard InChI is InChI=1S/C20H21ClN2O3/c1-13-5-4-6-15(11-13)22-18(24)9-10-23-16-12-14(21)7-8-17(16)26-20(2,3)19(23)25/h4-8,11-12H,9-10H2,1-3H3,(H,22,24). The predicted octanol–water partition coefficient (Wildman–Crippen LogP) is 4.18. The van der Waals surface area contributed by atoms with Gasteiger partial charge in [0, 0.05) is 23.7 Å². The zero-order valence-electron chi connectivity index (χ0n) is 15.0. The maximum atomic E-state index is 12.8. The smallest absolute Gasteiger partial charge is 0.270 e. The normalized spacial score (nSPS) is 15.2. The summed E-state index contributed by atoms with van der Waals surface area (Å²) in [5.41, 5.74) is 1.40. The summed E-state index contributed by atoms with van der Waals surface area (Å²) in [6.07, 6.45) is 0.168. The molecule has 0 unspecified atom stereocenters. The van der Waals surface area contributed by atoms with Crippen molar-refractivity contribution in [2.75, 3.05) is 16.8 Å². The quantitative estimate of drug-likeness (QED) is 0.875. The Balaban J connectivity index is 1.75. The zero-order valence-corrected chi connectivity index (χ0v) is 15.8. The van der Waals surface area contributed by atoms with Gasteiger partial charge in [-0.3, -0.25) is 9.59 Å². The second-order valence-electron chi connectivity index (χ2n) is 6.85. The molecule has 0 saturated carbocycles. The van der Waals surface area contributed by atoms with Crippen LogP contribution in [0.15, 0.2) is 42.5 Å². The van der Waals surface area contributed by atoms with E-state index in [1.165, 1.54) is 0 Å². The summed E-state index contributed by atoms with van der Waals surface area (Å²) in [4.78, 5) is 26.6. The van der Waals surface area contributed by atoms with Crippen LogP contribution in [0.25, 0.3) is 0 Å². The highest BCUT2D eigenvalue weighted by Gasteiger charge is 2.40. The number of halogens is 1. The lowest BCUT2D eigenvalue weighted by molar-refractivity contribution is -0.132. The first-order valence-corrected chi connectivity index (χ1v) is 8.81. The van der Waals surface area contributed by atoms with E-state index in [4.69, 9.17) is 16.3 Å². The Bertz CT molecular complexity index is 864. The van der Waals surface area contributed by atoms with Crippen LogP contribution >= 0.6 is 11.6 Å². The van der Waals surface area contributed by atoms with Gasteiger partial charge in [-0.1, -0.05) is 23.7 Å². The summed E-state index contributed by atoms with van der Waals surface area (Å²) < 4.78 is 5.78. The Morgan fingerprint density at radius 3 is 2.73 bits per heavy atom. The summed E-state index contributed by atoms with van der Waals surface area (Å²) in [6, 6.07) is 12.7. The minimum atomic E-state index is -0.992. The van der Waals surface area contributed by atoms with E-state index in [0.29, 0.717) is 16.5 Å². The summed E-state index contributed by atoms with van der Waals surface area (Å²) in [5.74, 6) is 0.227. The molecule has 6 heteroatoms. The first kappa shape index (κ1) is 18.3. The van der Waals surface area contributed by atoms with Gasteiger partial charge in [0.15, 0.2) is 5.60 Å². The Hall–Kier alpha value is -2.53. The Labute approximate surface area is 157 Å². The van der Waals surface area contributed by atoms with Crippen LogP contribution in [0.1, 0.15) is 25.8 Å². The molecule has 0 saturated heterocycles. The van der Waals surface area contributed by atoms with Crippen molar-refractivity contribution < 1.29 is 14.3 Å². The highest BCUT2D eigenvalue weighted by molar-refractivity contribution is 6.31. The molecule has 0 spiro atoms. The molecule has 5 nitrogen and oxygen atoms in total. The summed E-state index contributed by atoms with van der Waals surface area (Å²) in [5, 5.41) is 3.37. The van der Waals surface area contributed by atoms with Gasteiger partial charge in [0.25, 0.3) is 5.91 Å². The van der Waals surface area contributed by atoms with E-state index in [2.05, 4.69) is 5.32 Å². The number of hydrogen-bond acceptors (Lipinski definition) is 3. The van der Waals surface area contributed by atoms with Crippen molar-refractivity contribution >= 4 is 34.8 Å². The van der Waals surface area contributed by atoms with Crippen molar-refractivity contribution in [1.82, 2.24) is 0 Å². The number of nitrogens with zero attached hydrogens (tertiary/aromatic N) is 1. The maximum absolute atomic E-state index is 12.8. The predicted molar refractivity (Wildman–Crippen MR) is 103 cm³/mol. The first-order valence-electron chi connectivity index (χ1n) is 8.43. The van der Waals surface area contributed by atoms with Crippen molar-refractivity contribution in [3.63, 3.8) is 0 Å². The molecule has 136 valence electrons. The fraction of sp³-hybridized carbons (Fsp3) is 0.300. The number of nitrogens with one attached hydrogen (secondary N) is 1. The van der Waals surface area contributed by atoms with Crippen LogP contribution in [0, 0.1) is 6.92 Å². The number of rotatable bonds is 4. The number of amides is 2. The number of carbonyl (C=O) groups is 2. The summed E-state index contributed by atoms with van der Waals surface area (Å²) >= 11 is 6.07. The van der Waals surface area contributed by atoms with Crippen LogP contribution in [-0.4, -0.2) is 24.0 Å². The molecule has 2 aromatic carbocycles. The van der Waals surface area contributed by atoms with Gasteiger partial charge in [-0.05, 0) is 56.7 Å². The molecule has 0 fully saturated rings. The molecule has 2 aromatic rings. The molecule has 0 bridgehead atoms. The van der Waals surface area contributed by atoms with E-state index in [9.17, 15) is 9.59 Å². The molecule has 0 radical (unpaired) electrons.